The maximum atomic E-state index is 14.7. The Labute approximate surface area is 212 Å². The molecule has 2 aromatic rings. The van der Waals surface area contributed by atoms with Crippen LogP contribution in [0.1, 0.15) is 64.9 Å². The van der Waals surface area contributed by atoms with Gasteiger partial charge in [0, 0.05) is 17.2 Å². The number of halogens is 7. The fraction of sp³-hybridized carbons (Fsp3) is 0.462. The van der Waals surface area contributed by atoms with E-state index in [1.165, 1.54) is 17.0 Å². The summed E-state index contributed by atoms with van der Waals surface area (Å²) in [6.45, 7) is 0. The van der Waals surface area contributed by atoms with Crippen molar-refractivity contribution in [2.24, 2.45) is 11.8 Å². The van der Waals surface area contributed by atoms with E-state index >= 15 is 0 Å². The van der Waals surface area contributed by atoms with Gasteiger partial charge in [0.05, 0.1) is 11.6 Å². The van der Waals surface area contributed by atoms with Crippen molar-refractivity contribution in [2.75, 3.05) is 0 Å². The summed E-state index contributed by atoms with van der Waals surface area (Å²) in [7, 11) is 0. The van der Waals surface area contributed by atoms with E-state index in [0.29, 0.717) is 31.7 Å². The van der Waals surface area contributed by atoms with Crippen LogP contribution in [0.4, 0.5) is 30.7 Å². The number of hydrogen-bond acceptors (Lipinski definition) is 3. The Hall–Kier alpha value is -3.15. The molecule has 3 fully saturated rings. The summed E-state index contributed by atoms with van der Waals surface area (Å²) >= 11 is 0. The fourth-order valence-electron chi connectivity index (χ4n) is 5.25. The van der Waals surface area contributed by atoms with Crippen LogP contribution in [0.15, 0.2) is 42.5 Å². The summed E-state index contributed by atoms with van der Waals surface area (Å²) in [6.07, 6.45) is -10.2. The van der Waals surface area contributed by atoms with E-state index in [4.69, 9.17) is 0 Å². The predicted molar refractivity (Wildman–Crippen MR) is 119 cm³/mol. The number of rotatable bonds is 6. The Kier molecular flexibility index (Phi) is 6.44. The highest BCUT2D eigenvalue weighted by molar-refractivity contribution is 5.99. The number of amides is 2. The SMILES string of the molecule is O=C(N[C@@H](c1ccc(C(F)(F)F)cc1F)C1CC1)[C@H]1C[C@H]2C[C@H]2N1C(=O)c1cccc([C@H](O)C(F)(F)F)c1. The average molecular weight is 544 g/mol. The summed E-state index contributed by atoms with van der Waals surface area (Å²) in [5.41, 5.74) is -1.86. The minimum atomic E-state index is -4.93. The zero-order valence-electron chi connectivity index (χ0n) is 19.7. The third-order valence-corrected chi connectivity index (χ3v) is 7.45. The van der Waals surface area contributed by atoms with Gasteiger partial charge in [-0.1, -0.05) is 18.2 Å². The van der Waals surface area contributed by atoms with Gasteiger partial charge in [0.25, 0.3) is 5.91 Å². The lowest BCUT2D eigenvalue weighted by molar-refractivity contribution is -0.206. The van der Waals surface area contributed by atoms with Crippen LogP contribution in [-0.4, -0.2) is 40.1 Å². The molecular formula is C26H23F7N2O3. The van der Waals surface area contributed by atoms with Gasteiger partial charge < -0.3 is 15.3 Å². The number of fused-ring (bicyclic) bond motifs is 1. The van der Waals surface area contributed by atoms with E-state index in [9.17, 15) is 45.4 Å². The van der Waals surface area contributed by atoms with Gasteiger partial charge in [-0.15, -0.1) is 0 Å². The largest absolute Gasteiger partial charge is 0.418 e. The second-order valence-corrected chi connectivity index (χ2v) is 10.2. The summed E-state index contributed by atoms with van der Waals surface area (Å²) in [6, 6.07) is 4.50. The van der Waals surface area contributed by atoms with Crippen molar-refractivity contribution in [3.8, 4) is 0 Å². The number of aliphatic hydroxyl groups is 1. The molecule has 5 rings (SSSR count). The van der Waals surface area contributed by atoms with Crippen LogP contribution < -0.4 is 5.32 Å². The molecule has 3 aliphatic rings. The van der Waals surface area contributed by atoms with Crippen molar-refractivity contribution >= 4 is 11.8 Å². The lowest BCUT2D eigenvalue weighted by Gasteiger charge is -2.29. The van der Waals surface area contributed by atoms with Gasteiger partial charge in [-0.25, -0.2) is 4.39 Å². The van der Waals surface area contributed by atoms with Crippen LogP contribution >= 0.6 is 0 Å². The molecule has 0 aromatic heterocycles. The third-order valence-electron chi connectivity index (χ3n) is 7.45. The van der Waals surface area contributed by atoms with Crippen LogP contribution in [0.2, 0.25) is 0 Å². The van der Waals surface area contributed by atoms with Gasteiger partial charge in [0.1, 0.15) is 11.9 Å². The van der Waals surface area contributed by atoms with E-state index in [2.05, 4.69) is 5.32 Å². The first kappa shape index (κ1) is 26.5. The molecule has 2 aliphatic carbocycles. The van der Waals surface area contributed by atoms with Gasteiger partial charge in [-0.3, -0.25) is 9.59 Å². The number of benzene rings is 2. The molecule has 38 heavy (non-hydrogen) atoms. The minimum Gasteiger partial charge on any atom is -0.379 e. The Bertz CT molecular complexity index is 1260. The topological polar surface area (TPSA) is 69.6 Å². The molecule has 204 valence electrons. The third kappa shape index (κ3) is 5.10. The highest BCUT2D eigenvalue weighted by Crippen LogP contribution is 2.49. The predicted octanol–water partition coefficient (Wildman–Crippen LogP) is 5.31. The smallest absolute Gasteiger partial charge is 0.379 e. The number of alkyl halides is 6. The molecule has 5 atom stereocenters. The molecule has 0 bridgehead atoms. The number of aliphatic hydroxyl groups excluding tert-OH is 1. The molecule has 12 heteroatoms. The van der Waals surface area contributed by atoms with Crippen LogP contribution in [0.25, 0.3) is 0 Å². The Morgan fingerprint density at radius 1 is 1.00 bits per heavy atom. The van der Waals surface area contributed by atoms with E-state index < -0.39 is 59.3 Å². The summed E-state index contributed by atoms with van der Waals surface area (Å²) in [5.74, 6) is -2.52. The number of carbonyl (C=O) groups is 2. The molecule has 1 heterocycles. The lowest BCUT2D eigenvalue weighted by atomic mass is 9.98. The number of nitrogens with zero attached hydrogens (tertiary/aromatic N) is 1. The van der Waals surface area contributed by atoms with E-state index in [-0.39, 0.29) is 29.0 Å². The molecule has 0 unspecified atom stereocenters. The minimum absolute atomic E-state index is 0.0285. The summed E-state index contributed by atoms with van der Waals surface area (Å²) in [5, 5.41) is 12.3. The first-order chi connectivity index (χ1) is 17.8. The highest BCUT2D eigenvalue weighted by Gasteiger charge is 2.56. The van der Waals surface area contributed by atoms with Crippen molar-refractivity contribution in [1.82, 2.24) is 10.2 Å². The first-order valence-corrected chi connectivity index (χ1v) is 12.1. The molecule has 0 spiro atoms. The normalized spacial score (nSPS) is 24.5. The summed E-state index contributed by atoms with van der Waals surface area (Å²) < 4.78 is 92.5. The molecule has 2 amide bonds. The Morgan fingerprint density at radius 3 is 2.32 bits per heavy atom. The Balaban J connectivity index is 1.36. The van der Waals surface area contributed by atoms with Crippen molar-refractivity contribution in [2.45, 2.75) is 62.3 Å². The van der Waals surface area contributed by atoms with Gasteiger partial charge >= 0.3 is 12.4 Å². The molecule has 0 radical (unpaired) electrons. The van der Waals surface area contributed by atoms with Crippen LogP contribution in [0.3, 0.4) is 0 Å². The monoisotopic (exact) mass is 544 g/mol. The van der Waals surface area contributed by atoms with Crippen molar-refractivity contribution in [3.63, 3.8) is 0 Å². The molecule has 2 N–H and O–H groups in total. The maximum absolute atomic E-state index is 14.7. The zero-order valence-corrected chi connectivity index (χ0v) is 19.7. The number of piperidine rings is 1. The summed E-state index contributed by atoms with van der Waals surface area (Å²) in [4.78, 5) is 28.0. The molecule has 2 saturated carbocycles. The van der Waals surface area contributed by atoms with Gasteiger partial charge in [-0.05, 0) is 67.3 Å². The first-order valence-electron chi connectivity index (χ1n) is 12.1. The zero-order chi connectivity index (χ0) is 27.6. The lowest BCUT2D eigenvalue weighted by Crippen LogP contribution is -2.49. The standard InChI is InChI=1S/C26H23F7N2O3/c27-18-11-16(25(28,29)30)6-7-17(18)21(12-4-5-12)34-23(37)20-10-15-9-19(15)35(20)24(38)14-3-1-2-13(8-14)22(36)26(31,32)33/h1-3,6-8,11-12,15,19-22,36H,4-5,9-10H2,(H,34,37)/t15-,19-,20-,21-,22+/m1/s1. The van der Waals surface area contributed by atoms with Crippen LogP contribution in [0, 0.1) is 17.7 Å². The quantitative estimate of drug-likeness (QED) is 0.485. The second-order valence-electron chi connectivity index (χ2n) is 10.2. The second kappa shape index (κ2) is 9.25. The Morgan fingerprint density at radius 2 is 1.71 bits per heavy atom. The molecule has 2 aromatic carbocycles. The fourth-order valence-corrected chi connectivity index (χ4v) is 5.25. The maximum Gasteiger partial charge on any atom is 0.418 e. The van der Waals surface area contributed by atoms with E-state index in [1.54, 1.807) is 0 Å². The van der Waals surface area contributed by atoms with Gasteiger partial charge in [0.15, 0.2) is 6.10 Å². The van der Waals surface area contributed by atoms with E-state index in [0.717, 1.165) is 24.3 Å². The highest BCUT2D eigenvalue weighted by atomic mass is 19.4. The number of likely N-dealkylation sites (tertiary alicyclic amines) is 1. The molecule has 1 saturated heterocycles. The van der Waals surface area contributed by atoms with Gasteiger partial charge in [-0.2, -0.15) is 26.3 Å². The van der Waals surface area contributed by atoms with Crippen molar-refractivity contribution in [1.29, 1.82) is 0 Å². The molecule has 1 aliphatic heterocycles. The number of carbonyl (C=O) groups excluding carboxylic acids is 2. The van der Waals surface area contributed by atoms with Gasteiger partial charge in [0.2, 0.25) is 5.91 Å². The van der Waals surface area contributed by atoms with Crippen LogP contribution in [-0.2, 0) is 11.0 Å². The average Bonchev–Trinajstić information content (AvgIpc) is 3.78. The van der Waals surface area contributed by atoms with E-state index in [1.807, 2.05) is 0 Å². The molecular weight excluding hydrogens is 521 g/mol. The molecule has 5 nitrogen and oxygen atoms in total. The number of nitrogens with one attached hydrogen (secondary N) is 1. The number of hydrogen-bond donors (Lipinski definition) is 2. The van der Waals surface area contributed by atoms with Crippen LogP contribution in [0.5, 0.6) is 0 Å². The van der Waals surface area contributed by atoms with Crippen molar-refractivity contribution < 1.29 is 45.4 Å². The van der Waals surface area contributed by atoms with Crippen molar-refractivity contribution in [3.05, 3.63) is 70.5 Å².